The molecule has 1 aromatic rings. The maximum absolute atomic E-state index is 12.6. The molecule has 1 fully saturated rings. The van der Waals surface area contributed by atoms with Crippen molar-refractivity contribution in [2.45, 2.75) is 6.18 Å². The molecule has 0 aliphatic carbocycles. The van der Waals surface area contributed by atoms with E-state index in [4.69, 9.17) is 0 Å². The van der Waals surface area contributed by atoms with Crippen LogP contribution in [-0.2, 0) is 15.8 Å². The van der Waals surface area contributed by atoms with Gasteiger partial charge in [-0.15, -0.1) is 0 Å². The zero-order valence-corrected chi connectivity index (χ0v) is 11.0. The highest BCUT2D eigenvalue weighted by Crippen LogP contribution is 2.30. The Labute approximate surface area is 119 Å². The van der Waals surface area contributed by atoms with Crippen LogP contribution >= 0.6 is 0 Å². The maximum Gasteiger partial charge on any atom is 0.416 e. The first-order valence-corrected chi connectivity index (χ1v) is 6.31. The topological polar surface area (TPSA) is 61.4 Å². The summed E-state index contributed by atoms with van der Waals surface area (Å²) in [6.07, 6.45) is -4.45. The molecule has 1 aliphatic heterocycles. The predicted molar refractivity (Wildman–Crippen MR) is 69.5 cm³/mol. The Kier molecular flexibility index (Phi) is 4.46. The number of carbonyl (C=O) groups excluding carboxylic acids is 2. The summed E-state index contributed by atoms with van der Waals surface area (Å²) in [5.74, 6) is -0.628. The van der Waals surface area contributed by atoms with E-state index in [2.05, 4.69) is 10.6 Å². The molecule has 1 heterocycles. The van der Waals surface area contributed by atoms with Crippen molar-refractivity contribution >= 4 is 17.5 Å². The van der Waals surface area contributed by atoms with Crippen LogP contribution in [0.25, 0.3) is 0 Å². The normalized spacial score (nSPS) is 16.4. The van der Waals surface area contributed by atoms with Gasteiger partial charge < -0.3 is 10.6 Å². The summed E-state index contributed by atoms with van der Waals surface area (Å²) < 4.78 is 37.7. The number of hydrogen-bond donors (Lipinski definition) is 2. The van der Waals surface area contributed by atoms with Gasteiger partial charge in [0.25, 0.3) is 0 Å². The second-order valence-corrected chi connectivity index (χ2v) is 4.69. The van der Waals surface area contributed by atoms with Gasteiger partial charge >= 0.3 is 6.18 Å². The van der Waals surface area contributed by atoms with Gasteiger partial charge in [0.1, 0.15) is 0 Å². The van der Waals surface area contributed by atoms with Gasteiger partial charge in [-0.2, -0.15) is 13.2 Å². The van der Waals surface area contributed by atoms with E-state index in [-0.39, 0.29) is 24.7 Å². The number of halogens is 3. The van der Waals surface area contributed by atoms with Gasteiger partial charge in [-0.05, 0) is 18.2 Å². The zero-order chi connectivity index (χ0) is 15.5. The fourth-order valence-electron chi connectivity index (χ4n) is 2.00. The molecule has 21 heavy (non-hydrogen) atoms. The average molecular weight is 301 g/mol. The van der Waals surface area contributed by atoms with E-state index in [0.29, 0.717) is 13.1 Å². The van der Waals surface area contributed by atoms with Crippen LogP contribution in [0.1, 0.15) is 5.56 Å². The minimum absolute atomic E-state index is 0.0380. The summed E-state index contributed by atoms with van der Waals surface area (Å²) in [6.45, 7) is 1.05. The molecule has 0 spiro atoms. The predicted octanol–water partition coefficient (Wildman–Crippen LogP) is 1.08. The minimum atomic E-state index is -4.45. The molecule has 0 atom stereocenters. The lowest BCUT2D eigenvalue weighted by atomic mass is 10.2. The lowest BCUT2D eigenvalue weighted by molar-refractivity contribution is -0.137. The minimum Gasteiger partial charge on any atom is -0.354 e. The molecular weight excluding hydrogens is 287 g/mol. The molecule has 0 unspecified atom stereocenters. The van der Waals surface area contributed by atoms with Crippen LogP contribution in [0.15, 0.2) is 24.3 Å². The van der Waals surface area contributed by atoms with Crippen LogP contribution in [0.3, 0.4) is 0 Å². The van der Waals surface area contributed by atoms with Crippen molar-refractivity contribution in [1.82, 2.24) is 10.2 Å². The first-order valence-electron chi connectivity index (χ1n) is 6.31. The third-order valence-corrected chi connectivity index (χ3v) is 2.96. The van der Waals surface area contributed by atoms with Crippen LogP contribution in [0.2, 0.25) is 0 Å². The number of nitrogens with zero attached hydrogens (tertiary/aromatic N) is 1. The van der Waals surface area contributed by atoms with Crippen LogP contribution in [-0.4, -0.2) is 42.9 Å². The highest BCUT2D eigenvalue weighted by molar-refractivity contribution is 5.92. The van der Waals surface area contributed by atoms with Crippen LogP contribution in [0.5, 0.6) is 0 Å². The Morgan fingerprint density at radius 1 is 1.38 bits per heavy atom. The van der Waals surface area contributed by atoms with Crippen LogP contribution < -0.4 is 10.6 Å². The Hall–Kier alpha value is -2.09. The Bertz CT molecular complexity index is 546. The number of carbonyl (C=O) groups is 2. The van der Waals surface area contributed by atoms with Crippen molar-refractivity contribution in [3.63, 3.8) is 0 Å². The lowest BCUT2D eigenvalue weighted by Gasteiger charge is -2.25. The second-order valence-electron chi connectivity index (χ2n) is 4.69. The molecule has 1 aromatic carbocycles. The largest absolute Gasteiger partial charge is 0.416 e. The summed E-state index contributed by atoms with van der Waals surface area (Å²) >= 11 is 0. The highest BCUT2D eigenvalue weighted by Gasteiger charge is 2.30. The van der Waals surface area contributed by atoms with E-state index < -0.39 is 17.6 Å². The average Bonchev–Trinajstić information content (AvgIpc) is 2.37. The van der Waals surface area contributed by atoms with Gasteiger partial charge in [0.2, 0.25) is 11.8 Å². The van der Waals surface area contributed by atoms with E-state index in [1.165, 1.54) is 12.1 Å². The van der Waals surface area contributed by atoms with Gasteiger partial charge in [-0.1, -0.05) is 6.07 Å². The number of hydrogen-bond acceptors (Lipinski definition) is 3. The van der Waals surface area contributed by atoms with Crippen molar-refractivity contribution in [2.75, 3.05) is 31.5 Å². The summed E-state index contributed by atoms with van der Waals surface area (Å²) in [6, 6.07) is 4.42. The number of anilines is 1. The monoisotopic (exact) mass is 301 g/mol. The van der Waals surface area contributed by atoms with Crippen molar-refractivity contribution in [2.24, 2.45) is 0 Å². The molecule has 0 saturated carbocycles. The first-order chi connectivity index (χ1) is 9.84. The molecule has 5 nitrogen and oxygen atoms in total. The summed E-state index contributed by atoms with van der Waals surface area (Å²) in [7, 11) is 0. The van der Waals surface area contributed by atoms with Crippen molar-refractivity contribution in [3.8, 4) is 0 Å². The quantitative estimate of drug-likeness (QED) is 0.878. The van der Waals surface area contributed by atoms with E-state index in [1.807, 2.05) is 0 Å². The summed E-state index contributed by atoms with van der Waals surface area (Å²) in [4.78, 5) is 24.6. The molecule has 0 radical (unpaired) electrons. The molecule has 8 heteroatoms. The summed E-state index contributed by atoms with van der Waals surface area (Å²) in [5, 5.41) is 5.03. The Morgan fingerprint density at radius 3 is 2.81 bits per heavy atom. The molecule has 2 rings (SSSR count). The molecule has 0 bridgehead atoms. The highest BCUT2D eigenvalue weighted by atomic mass is 19.4. The molecule has 0 aromatic heterocycles. The number of nitrogens with one attached hydrogen (secondary N) is 2. The van der Waals surface area contributed by atoms with Crippen molar-refractivity contribution in [3.05, 3.63) is 29.8 Å². The van der Waals surface area contributed by atoms with Crippen molar-refractivity contribution in [1.29, 1.82) is 0 Å². The number of amides is 2. The first kappa shape index (κ1) is 15.3. The second kappa shape index (κ2) is 6.13. The van der Waals surface area contributed by atoms with Crippen LogP contribution in [0.4, 0.5) is 18.9 Å². The number of piperazine rings is 1. The number of alkyl halides is 3. The van der Waals surface area contributed by atoms with Gasteiger partial charge in [0, 0.05) is 18.8 Å². The Morgan fingerprint density at radius 2 is 2.14 bits per heavy atom. The van der Waals surface area contributed by atoms with E-state index >= 15 is 0 Å². The summed E-state index contributed by atoms with van der Waals surface area (Å²) in [5.41, 5.74) is -0.742. The molecule has 1 aliphatic rings. The number of benzene rings is 1. The van der Waals surface area contributed by atoms with Gasteiger partial charge in [0.15, 0.2) is 0 Å². The van der Waals surface area contributed by atoms with E-state index in [1.54, 1.807) is 4.90 Å². The maximum atomic E-state index is 12.6. The van der Waals surface area contributed by atoms with E-state index in [9.17, 15) is 22.8 Å². The third-order valence-electron chi connectivity index (χ3n) is 2.96. The molecule has 2 N–H and O–H groups in total. The third kappa shape index (κ3) is 4.45. The van der Waals surface area contributed by atoms with Gasteiger partial charge in [-0.3, -0.25) is 14.5 Å². The van der Waals surface area contributed by atoms with Gasteiger partial charge in [-0.25, -0.2) is 0 Å². The lowest BCUT2D eigenvalue weighted by Crippen LogP contribution is -2.49. The molecule has 2 amide bonds. The Balaban J connectivity index is 1.95. The van der Waals surface area contributed by atoms with Crippen molar-refractivity contribution < 1.29 is 22.8 Å². The number of rotatable bonds is 3. The zero-order valence-electron chi connectivity index (χ0n) is 11.0. The fourth-order valence-corrected chi connectivity index (χ4v) is 2.00. The fraction of sp³-hybridized carbons (Fsp3) is 0.385. The standard InChI is InChI=1S/C13H14F3N3O2/c14-13(15,16)9-2-1-3-10(6-9)18-12(21)8-19-5-4-17-11(20)7-19/h1-3,6H,4-5,7-8H2,(H,17,20)(H,18,21). The molecule has 1 saturated heterocycles. The SMILES string of the molecule is O=C1CN(CC(=O)Nc2cccc(C(F)(F)F)c2)CCN1. The molecular formula is C13H14F3N3O2. The van der Waals surface area contributed by atoms with Crippen LogP contribution in [0, 0.1) is 0 Å². The molecule has 114 valence electrons. The van der Waals surface area contributed by atoms with Gasteiger partial charge in [0.05, 0.1) is 18.7 Å². The smallest absolute Gasteiger partial charge is 0.354 e. The van der Waals surface area contributed by atoms with E-state index in [0.717, 1.165) is 12.1 Å².